The average molecular weight is 1250 g/mol. The molecule has 0 radical (unpaired) electrons. The summed E-state index contributed by atoms with van der Waals surface area (Å²) in [6.07, 6.45) is 6.69. The fourth-order valence-corrected chi connectivity index (χ4v) is 21.6. The molecule has 10 aromatic rings. The van der Waals surface area contributed by atoms with Gasteiger partial charge in [-0.25, -0.2) is 0 Å². The Hall–Kier alpha value is -5.80. The second-order valence-corrected chi connectivity index (χ2v) is 29.3. The van der Waals surface area contributed by atoms with E-state index in [1.807, 2.05) is 30.3 Å². The van der Waals surface area contributed by atoms with Crippen LogP contribution in [0.1, 0.15) is 19.4 Å². The molecular weight excluding hydrogens is 1190 g/mol. The molecule has 0 amide bonds. The van der Waals surface area contributed by atoms with Gasteiger partial charge in [0.25, 0.3) is 0 Å². The van der Waals surface area contributed by atoms with Crippen LogP contribution in [-0.2, 0) is 38.9 Å². The van der Waals surface area contributed by atoms with E-state index in [1.54, 1.807) is 0 Å². The Morgan fingerprint density at radius 2 is 0.443 bits per heavy atom. The van der Waals surface area contributed by atoms with E-state index in [1.165, 1.54) is 77.5 Å². The molecule has 0 aromatic heterocycles. The van der Waals surface area contributed by atoms with Crippen LogP contribution in [0.4, 0.5) is 25.2 Å². The fraction of sp³-hybridized carbons (Fsp3) is 0.0308. The van der Waals surface area contributed by atoms with Crippen LogP contribution in [0.15, 0.2) is 285 Å². The van der Waals surface area contributed by atoms with Crippen LogP contribution in [0.5, 0.6) is 0 Å². The zero-order valence-corrected chi connectivity index (χ0v) is 49.6. The number of hydrogen-bond donors (Lipinski definition) is 0. The van der Waals surface area contributed by atoms with Crippen LogP contribution < -0.4 is 63.7 Å². The number of Topliss-reactive ketones (excluding diaryl/α,β-unsaturated/α-hetero) is 1. The molecule has 0 unspecified atom stereocenters. The molecule has 0 aliphatic heterocycles. The molecule has 79 heavy (non-hydrogen) atoms. The van der Waals surface area contributed by atoms with Crippen LogP contribution >= 0.6 is 39.5 Å². The van der Waals surface area contributed by atoms with Crippen LogP contribution in [0.25, 0.3) is 0 Å². The van der Waals surface area contributed by atoms with Crippen molar-refractivity contribution in [2.45, 2.75) is 13.8 Å². The van der Waals surface area contributed by atoms with Gasteiger partial charge in [-0.1, -0.05) is 164 Å². The van der Waals surface area contributed by atoms with E-state index in [2.05, 4.69) is 261 Å². The average Bonchev–Trinajstić information content (AvgIpc) is 3.45. The number of carbonyl (C=O) groups excluding carboxylic acids is 1. The number of carbonyl (C=O) groups is 1. The Labute approximate surface area is 486 Å². The predicted octanol–water partition coefficient (Wildman–Crippen LogP) is 13.2. The first-order chi connectivity index (χ1) is 37.0. The second-order valence-electron chi connectivity index (χ2n) is 17.7. The van der Waals surface area contributed by atoms with E-state index in [0.717, 1.165) is 5.56 Å². The monoisotopic (exact) mass is 1250 g/mol. The summed E-state index contributed by atoms with van der Waals surface area (Å²) in [5.41, 5.74) is 0.826. The fourth-order valence-electron chi connectivity index (χ4n) is 8.78. The summed E-state index contributed by atoms with van der Waals surface area (Å²) in [4.78, 5) is 9.44. The molecule has 0 heterocycles. The Balaban J connectivity index is 0.000000467. The van der Waals surface area contributed by atoms with Gasteiger partial charge in [0.15, 0.2) is 0 Å². The van der Waals surface area contributed by atoms with Gasteiger partial charge in [-0.05, 0) is 123 Å². The first-order valence-corrected chi connectivity index (χ1v) is 32.6. The smallest absolute Gasteiger partial charge is 0.366 e. The maximum atomic E-state index is 9.87. The van der Waals surface area contributed by atoms with Crippen molar-refractivity contribution < 1.29 is 64.1 Å². The first-order valence-electron chi connectivity index (χ1n) is 24.6. The van der Waals surface area contributed by atoms with Gasteiger partial charge in [0.05, 0.1) is 0 Å². The molecule has 408 valence electrons. The molecule has 0 atom stereocenters. The van der Waals surface area contributed by atoms with Gasteiger partial charge in [0.1, 0.15) is 101 Å². The predicted molar refractivity (Wildman–Crippen MR) is 329 cm³/mol. The van der Waals surface area contributed by atoms with E-state index in [9.17, 15) is 30.0 Å². The maximum absolute atomic E-state index is 10.7. The van der Waals surface area contributed by atoms with E-state index < -0.39 is 39.5 Å². The molecule has 0 fully saturated rings. The maximum Gasteiger partial charge on any atom is 1.00 e. The van der Waals surface area contributed by atoms with Crippen molar-refractivity contribution in [3.05, 3.63) is 297 Å². The third-order valence-electron chi connectivity index (χ3n) is 11.7. The topological polar surface area (TPSA) is 17.1 Å². The molecule has 0 aliphatic rings. The molecular formula is C65H57Cu2F6OP5+4. The SMILES string of the molecule is CC(C)=O.F[P-](F)(F)(F)(F)F.[C-]#Cc1ccccc1.[Cu+].[Cu+].c1ccc([PH+](c2ccccc2)c2ccccc2[PH+](c2ccccc2[PH+](c2ccccc2)c2ccccc2)c2ccccc2[PH+](c2ccccc2)c2ccccc2)cc1. The normalized spacial score (nSPS) is 11.5. The Morgan fingerprint density at radius 1 is 0.304 bits per heavy atom. The first kappa shape index (κ1) is 64.0. The van der Waals surface area contributed by atoms with Crippen LogP contribution in [0.2, 0.25) is 0 Å². The molecule has 0 spiro atoms. The quantitative estimate of drug-likeness (QED) is 0.0392. The van der Waals surface area contributed by atoms with Crippen molar-refractivity contribution in [3.8, 4) is 5.92 Å². The van der Waals surface area contributed by atoms with Gasteiger partial charge in [-0.3, -0.25) is 5.92 Å². The molecule has 0 aliphatic carbocycles. The minimum Gasteiger partial charge on any atom is -0.366 e. The summed E-state index contributed by atoms with van der Waals surface area (Å²) >= 11 is 0. The van der Waals surface area contributed by atoms with Crippen molar-refractivity contribution in [2.24, 2.45) is 0 Å². The van der Waals surface area contributed by atoms with Gasteiger partial charge >= 0.3 is 67.1 Å². The Morgan fingerprint density at radius 3 is 0.595 bits per heavy atom. The van der Waals surface area contributed by atoms with Crippen molar-refractivity contribution >= 4 is 109 Å². The van der Waals surface area contributed by atoms with E-state index >= 15 is 0 Å². The molecule has 0 saturated heterocycles. The molecule has 1 nitrogen and oxygen atoms in total. The van der Waals surface area contributed by atoms with Gasteiger partial charge in [0, 0.05) is 0 Å². The van der Waals surface area contributed by atoms with Gasteiger partial charge < -0.3 is 11.2 Å². The number of rotatable bonds is 12. The second kappa shape index (κ2) is 29.6. The standard InChI is InChI=1S/C54H42P4.C8H5.C3H6O.2Cu.F6P/c1-7-25-43(26-8-1)55(44-27-9-2-10-28-44)49-37-19-22-40-52(49)58(53-41-23-20-38-50(53)56(45-29-11-3-12-30-45)46-31-13-4-14-32-46)54-42-24-21-39-51(54)57(47-33-15-5-16-34-47)48-35-17-6-18-36-48;1-2-8-6-4-3-5-7-8;1-3(2)4;;;1-7(2,3,4,5)6/h1-42H;3-7H;1-2H3;;;/q;-1;;2*+1;-1/p+4. The number of halogens is 6. The summed E-state index contributed by atoms with van der Waals surface area (Å²) in [7, 11) is -16.5. The number of benzene rings is 10. The molecule has 0 bridgehead atoms. The minimum absolute atomic E-state index is 0. The van der Waals surface area contributed by atoms with Crippen molar-refractivity contribution in [1.29, 1.82) is 0 Å². The largest absolute Gasteiger partial charge is 1.00 e. The van der Waals surface area contributed by atoms with E-state index in [-0.39, 0.29) is 39.9 Å². The van der Waals surface area contributed by atoms with Gasteiger partial charge in [-0.2, -0.15) is 0 Å². The zero-order chi connectivity index (χ0) is 54.7. The number of hydrogen-bond acceptors (Lipinski definition) is 1. The number of ketones is 1. The van der Waals surface area contributed by atoms with Crippen LogP contribution in [0, 0.1) is 12.3 Å². The summed E-state index contributed by atoms with van der Waals surface area (Å²) in [6, 6.07) is 106. The van der Waals surface area contributed by atoms with Crippen LogP contribution in [0.3, 0.4) is 0 Å². The van der Waals surface area contributed by atoms with E-state index in [4.69, 9.17) is 6.42 Å². The summed E-state index contributed by atoms with van der Waals surface area (Å²) in [5, 5.41) is 17.3. The third kappa shape index (κ3) is 20.1. The van der Waals surface area contributed by atoms with Gasteiger partial charge in [0.2, 0.25) is 0 Å². The Kier molecular flexibility index (Phi) is 24.0. The summed E-state index contributed by atoms with van der Waals surface area (Å²) < 4.78 is 59.2. The summed E-state index contributed by atoms with van der Waals surface area (Å²) in [6.45, 7) is 3.06. The van der Waals surface area contributed by atoms with E-state index in [0.29, 0.717) is 0 Å². The van der Waals surface area contributed by atoms with Gasteiger partial charge in [-0.15, -0.1) is 17.7 Å². The molecule has 10 rings (SSSR count). The summed E-state index contributed by atoms with van der Waals surface area (Å²) in [5.74, 6) is 2.44. The van der Waals surface area contributed by atoms with Crippen molar-refractivity contribution in [2.75, 3.05) is 0 Å². The molecule has 10 aromatic carbocycles. The molecule has 0 N–H and O–H groups in total. The van der Waals surface area contributed by atoms with Crippen LogP contribution in [-0.4, -0.2) is 5.78 Å². The molecule has 14 heteroatoms. The third-order valence-corrected chi connectivity index (χ3v) is 23.8. The Bertz CT molecular complexity index is 3040. The van der Waals surface area contributed by atoms with Crippen molar-refractivity contribution in [1.82, 2.24) is 0 Å². The molecule has 0 saturated carbocycles. The minimum atomic E-state index is -10.7. The van der Waals surface area contributed by atoms with Crippen molar-refractivity contribution in [3.63, 3.8) is 0 Å². The zero-order valence-electron chi connectivity index (χ0n) is 42.9.